The van der Waals surface area contributed by atoms with E-state index in [4.69, 9.17) is 10.5 Å². The summed E-state index contributed by atoms with van der Waals surface area (Å²) in [6.07, 6.45) is 0.434. The van der Waals surface area contributed by atoms with Gasteiger partial charge < -0.3 is 15.6 Å². The van der Waals surface area contributed by atoms with Crippen LogP contribution in [0, 0.1) is 0 Å². The van der Waals surface area contributed by atoms with Crippen molar-refractivity contribution in [3.8, 4) is 0 Å². The van der Waals surface area contributed by atoms with Crippen LogP contribution in [0.15, 0.2) is 0 Å². The molecule has 1 saturated heterocycles. The Morgan fingerprint density at radius 1 is 1.42 bits per heavy atom. The van der Waals surface area contributed by atoms with Gasteiger partial charge in [0.15, 0.2) is 0 Å². The highest BCUT2D eigenvalue weighted by atomic mass is 16.5. The highest BCUT2D eigenvalue weighted by Gasteiger charge is 2.11. The Kier molecular flexibility index (Phi) is 4.53. The van der Waals surface area contributed by atoms with Gasteiger partial charge in [-0.05, 0) is 6.42 Å². The monoisotopic (exact) mass is 174 g/mol. The molecule has 0 amide bonds. The fourth-order valence-corrected chi connectivity index (χ4v) is 1.27. The van der Waals surface area contributed by atoms with Crippen LogP contribution >= 0.6 is 0 Å². The van der Waals surface area contributed by atoms with Gasteiger partial charge in [0.25, 0.3) is 0 Å². The van der Waals surface area contributed by atoms with Gasteiger partial charge in [-0.2, -0.15) is 0 Å². The minimum atomic E-state index is -0.340. The lowest BCUT2D eigenvalue weighted by atomic mass is 10.2. The van der Waals surface area contributed by atoms with Gasteiger partial charge in [-0.1, -0.05) is 0 Å². The molecule has 4 heteroatoms. The lowest BCUT2D eigenvalue weighted by Crippen LogP contribution is -2.38. The van der Waals surface area contributed by atoms with Crippen molar-refractivity contribution < 1.29 is 9.84 Å². The van der Waals surface area contributed by atoms with Crippen molar-refractivity contribution in [1.82, 2.24) is 4.90 Å². The Morgan fingerprint density at radius 2 is 2.08 bits per heavy atom. The molecule has 0 spiro atoms. The molecule has 4 nitrogen and oxygen atoms in total. The third-order valence-corrected chi connectivity index (χ3v) is 2.15. The van der Waals surface area contributed by atoms with Crippen molar-refractivity contribution >= 4 is 0 Å². The standard InChI is InChI=1S/C8H18N2O2/c9-7-8(11)1-2-10-3-5-12-6-4-10/h8,11H,1-7,9H2/t8-/m0/s1. The van der Waals surface area contributed by atoms with Crippen molar-refractivity contribution in [2.45, 2.75) is 12.5 Å². The quantitative estimate of drug-likeness (QED) is 0.575. The molecule has 1 atom stereocenters. The molecule has 0 radical (unpaired) electrons. The number of morpholine rings is 1. The number of hydrogen-bond acceptors (Lipinski definition) is 4. The van der Waals surface area contributed by atoms with Gasteiger partial charge >= 0.3 is 0 Å². The fourth-order valence-electron chi connectivity index (χ4n) is 1.27. The van der Waals surface area contributed by atoms with E-state index in [1.54, 1.807) is 0 Å². The number of nitrogens with two attached hydrogens (primary N) is 1. The summed E-state index contributed by atoms with van der Waals surface area (Å²) >= 11 is 0. The van der Waals surface area contributed by atoms with Gasteiger partial charge in [0.05, 0.1) is 19.3 Å². The molecule has 0 aromatic heterocycles. The number of ether oxygens (including phenoxy) is 1. The Bertz CT molecular complexity index is 116. The molecule has 0 unspecified atom stereocenters. The summed E-state index contributed by atoms with van der Waals surface area (Å²) in [4.78, 5) is 2.29. The van der Waals surface area contributed by atoms with E-state index in [1.807, 2.05) is 0 Å². The van der Waals surface area contributed by atoms with E-state index in [9.17, 15) is 5.11 Å². The van der Waals surface area contributed by atoms with Crippen LogP contribution in [-0.4, -0.2) is 55.5 Å². The van der Waals surface area contributed by atoms with E-state index in [0.717, 1.165) is 39.3 Å². The summed E-state index contributed by atoms with van der Waals surface area (Å²) in [5.41, 5.74) is 5.29. The van der Waals surface area contributed by atoms with Gasteiger partial charge in [-0.15, -0.1) is 0 Å². The molecule has 1 aliphatic heterocycles. The summed E-state index contributed by atoms with van der Waals surface area (Å²) in [5.74, 6) is 0. The normalized spacial score (nSPS) is 22.5. The first-order valence-electron chi connectivity index (χ1n) is 4.51. The smallest absolute Gasteiger partial charge is 0.0674 e. The maximum atomic E-state index is 9.21. The average molecular weight is 174 g/mol. The second kappa shape index (κ2) is 5.48. The van der Waals surface area contributed by atoms with Crippen molar-refractivity contribution in [3.05, 3.63) is 0 Å². The minimum absolute atomic E-state index is 0.340. The predicted molar refractivity (Wildman–Crippen MR) is 46.9 cm³/mol. The van der Waals surface area contributed by atoms with E-state index in [0.29, 0.717) is 6.54 Å². The van der Waals surface area contributed by atoms with E-state index >= 15 is 0 Å². The van der Waals surface area contributed by atoms with Crippen molar-refractivity contribution in [2.75, 3.05) is 39.4 Å². The molecule has 1 rings (SSSR count). The highest BCUT2D eigenvalue weighted by Crippen LogP contribution is 1.99. The Hall–Kier alpha value is -0.160. The second-order valence-electron chi connectivity index (χ2n) is 3.13. The zero-order chi connectivity index (χ0) is 8.81. The first-order valence-corrected chi connectivity index (χ1v) is 4.51. The van der Waals surface area contributed by atoms with Crippen LogP contribution in [0.4, 0.5) is 0 Å². The van der Waals surface area contributed by atoms with Gasteiger partial charge in [0.1, 0.15) is 0 Å². The summed E-state index contributed by atoms with van der Waals surface area (Å²) in [6.45, 7) is 4.90. The van der Waals surface area contributed by atoms with Crippen molar-refractivity contribution in [3.63, 3.8) is 0 Å². The average Bonchev–Trinajstić information content (AvgIpc) is 2.16. The first kappa shape index (κ1) is 9.92. The molecular weight excluding hydrogens is 156 g/mol. The molecule has 12 heavy (non-hydrogen) atoms. The van der Waals surface area contributed by atoms with E-state index < -0.39 is 0 Å². The molecule has 0 aliphatic carbocycles. The van der Waals surface area contributed by atoms with Crippen LogP contribution in [0.3, 0.4) is 0 Å². The maximum Gasteiger partial charge on any atom is 0.0674 e. The summed E-state index contributed by atoms with van der Waals surface area (Å²) in [7, 11) is 0. The number of rotatable bonds is 4. The highest BCUT2D eigenvalue weighted by molar-refractivity contribution is 4.65. The topological polar surface area (TPSA) is 58.7 Å². The largest absolute Gasteiger partial charge is 0.392 e. The summed E-state index contributed by atoms with van der Waals surface area (Å²) < 4.78 is 5.20. The van der Waals surface area contributed by atoms with E-state index in [2.05, 4.69) is 4.90 Å². The van der Waals surface area contributed by atoms with Crippen LogP contribution < -0.4 is 5.73 Å². The van der Waals surface area contributed by atoms with Gasteiger partial charge in [-0.3, -0.25) is 4.90 Å². The van der Waals surface area contributed by atoms with Gasteiger partial charge in [0.2, 0.25) is 0 Å². The first-order chi connectivity index (χ1) is 5.83. The molecular formula is C8H18N2O2. The number of aliphatic hydroxyl groups is 1. The van der Waals surface area contributed by atoms with Crippen LogP contribution in [0.25, 0.3) is 0 Å². The fraction of sp³-hybridized carbons (Fsp3) is 1.00. The third kappa shape index (κ3) is 3.49. The molecule has 3 N–H and O–H groups in total. The molecule has 1 fully saturated rings. The summed E-state index contributed by atoms with van der Waals surface area (Å²) in [6, 6.07) is 0. The Morgan fingerprint density at radius 3 is 2.67 bits per heavy atom. The zero-order valence-electron chi connectivity index (χ0n) is 7.41. The Balaban J connectivity index is 2.05. The van der Waals surface area contributed by atoms with E-state index in [1.165, 1.54) is 0 Å². The molecule has 0 aromatic rings. The number of hydrogen-bond donors (Lipinski definition) is 2. The number of aliphatic hydroxyl groups excluding tert-OH is 1. The minimum Gasteiger partial charge on any atom is -0.392 e. The van der Waals surface area contributed by atoms with Crippen LogP contribution in [-0.2, 0) is 4.74 Å². The van der Waals surface area contributed by atoms with Gasteiger partial charge in [-0.25, -0.2) is 0 Å². The number of nitrogens with zero attached hydrogens (tertiary/aromatic N) is 1. The van der Waals surface area contributed by atoms with Crippen molar-refractivity contribution in [1.29, 1.82) is 0 Å². The molecule has 0 bridgehead atoms. The lowest BCUT2D eigenvalue weighted by molar-refractivity contribution is 0.0308. The molecule has 1 heterocycles. The van der Waals surface area contributed by atoms with Gasteiger partial charge in [0, 0.05) is 26.2 Å². The van der Waals surface area contributed by atoms with Crippen molar-refractivity contribution in [2.24, 2.45) is 5.73 Å². The molecule has 0 aromatic carbocycles. The summed E-state index contributed by atoms with van der Waals surface area (Å²) in [5, 5.41) is 9.21. The molecule has 72 valence electrons. The lowest BCUT2D eigenvalue weighted by Gasteiger charge is -2.27. The predicted octanol–water partition coefficient (Wildman–Crippen LogP) is -0.972. The zero-order valence-corrected chi connectivity index (χ0v) is 7.41. The SMILES string of the molecule is NC[C@@H](O)CCN1CCOCC1. The molecule has 0 saturated carbocycles. The second-order valence-corrected chi connectivity index (χ2v) is 3.13. The maximum absolute atomic E-state index is 9.21. The third-order valence-electron chi connectivity index (χ3n) is 2.15. The van der Waals surface area contributed by atoms with Crippen LogP contribution in [0.2, 0.25) is 0 Å². The van der Waals surface area contributed by atoms with E-state index in [-0.39, 0.29) is 6.10 Å². The van der Waals surface area contributed by atoms with Crippen LogP contribution in [0.1, 0.15) is 6.42 Å². The Labute approximate surface area is 73.3 Å². The molecule has 1 aliphatic rings. The van der Waals surface area contributed by atoms with Crippen LogP contribution in [0.5, 0.6) is 0 Å².